The van der Waals surface area contributed by atoms with E-state index in [1.807, 2.05) is 19.1 Å². The molecule has 1 amide bonds. The number of rotatable bonds is 3. The predicted octanol–water partition coefficient (Wildman–Crippen LogP) is 2.47. The van der Waals surface area contributed by atoms with E-state index >= 15 is 0 Å². The molecule has 2 aromatic carbocycles. The smallest absolute Gasteiger partial charge is 0.248 e. The fraction of sp³-hybridized carbons (Fsp3) is 0.0714. The number of carbonyl (C=O) groups excluding carboxylic acids is 1. The van der Waals surface area contributed by atoms with Crippen LogP contribution in [-0.4, -0.2) is 5.91 Å². The summed E-state index contributed by atoms with van der Waals surface area (Å²) in [4.78, 5) is 11.0. The number of primary amides is 1. The molecular weight excluding hydrogens is 228 g/mol. The van der Waals surface area contributed by atoms with Gasteiger partial charge in [-0.15, -0.1) is 0 Å². The Kier molecular flexibility index (Phi) is 3.19. The van der Waals surface area contributed by atoms with Gasteiger partial charge in [0.25, 0.3) is 0 Å². The summed E-state index contributed by atoms with van der Waals surface area (Å²) in [5.41, 5.74) is 12.9. The molecule has 0 aliphatic heterocycles. The fourth-order valence-electron chi connectivity index (χ4n) is 1.61. The van der Waals surface area contributed by atoms with Crippen LogP contribution in [0.5, 0.6) is 11.5 Å². The zero-order valence-corrected chi connectivity index (χ0v) is 10.0. The molecule has 0 saturated carbocycles. The first-order valence-corrected chi connectivity index (χ1v) is 5.51. The lowest BCUT2D eigenvalue weighted by Crippen LogP contribution is -2.10. The molecule has 0 radical (unpaired) electrons. The minimum Gasteiger partial charge on any atom is -0.455 e. The predicted molar refractivity (Wildman–Crippen MR) is 70.6 cm³/mol. The van der Waals surface area contributed by atoms with Crippen molar-refractivity contribution in [3.05, 3.63) is 53.6 Å². The van der Waals surface area contributed by atoms with Crippen LogP contribution in [0.15, 0.2) is 42.5 Å². The molecule has 0 spiro atoms. The van der Waals surface area contributed by atoms with E-state index in [2.05, 4.69) is 0 Å². The van der Waals surface area contributed by atoms with Gasteiger partial charge in [-0.2, -0.15) is 0 Å². The van der Waals surface area contributed by atoms with Gasteiger partial charge in [-0.25, -0.2) is 0 Å². The number of amides is 1. The number of hydrogen-bond acceptors (Lipinski definition) is 3. The highest BCUT2D eigenvalue weighted by atomic mass is 16.5. The molecule has 0 fully saturated rings. The van der Waals surface area contributed by atoms with Crippen LogP contribution in [0, 0.1) is 6.92 Å². The van der Waals surface area contributed by atoms with Gasteiger partial charge >= 0.3 is 0 Å². The lowest BCUT2D eigenvalue weighted by atomic mass is 10.1. The summed E-state index contributed by atoms with van der Waals surface area (Å²) in [5.74, 6) is 0.786. The summed E-state index contributed by atoms with van der Waals surface area (Å²) in [6.07, 6.45) is 0. The summed E-state index contributed by atoms with van der Waals surface area (Å²) in [5, 5.41) is 0. The molecule has 2 aromatic rings. The number of para-hydroxylation sites is 2. The Morgan fingerprint density at radius 1 is 1.11 bits per heavy atom. The molecule has 0 heterocycles. The third-order valence-corrected chi connectivity index (χ3v) is 2.60. The van der Waals surface area contributed by atoms with Crippen molar-refractivity contribution in [2.75, 3.05) is 5.73 Å². The number of ether oxygens (including phenoxy) is 1. The minimum absolute atomic E-state index is 0.455. The Balaban J connectivity index is 2.30. The molecule has 4 nitrogen and oxygen atoms in total. The van der Waals surface area contributed by atoms with Gasteiger partial charge in [0.1, 0.15) is 11.5 Å². The second kappa shape index (κ2) is 4.79. The topological polar surface area (TPSA) is 78.3 Å². The first-order valence-electron chi connectivity index (χ1n) is 5.51. The molecule has 0 aromatic heterocycles. The van der Waals surface area contributed by atoms with Crippen molar-refractivity contribution in [1.29, 1.82) is 0 Å². The molecule has 0 aliphatic carbocycles. The third-order valence-electron chi connectivity index (χ3n) is 2.60. The molecule has 0 saturated heterocycles. The second-order valence-electron chi connectivity index (χ2n) is 3.98. The summed E-state index contributed by atoms with van der Waals surface area (Å²) in [6.45, 7) is 1.85. The van der Waals surface area contributed by atoms with Crippen molar-refractivity contribution in [1.82, 2.24) is 0 Å². The molecule has 4 heteroatoms. The van der Waals surface area contributed by atoms with E-state index < -0.39 is 5.91 Å². The van der Waals surface area contributed by atoms with Crippen molar-refractivity contribution in [2.24, 2.45) is 5.73 Å². The Hall–Kier alpha value is -2.49. The Bertz CT molecular complexity index is 594. The normalized spacial score (nSPS) is 10.1. The Morgan fingerprint density at radius 2 is 1.83 bits per heavy atom. The quantitative estimate of drug-likeness (QED) is 0.811. The summed E-state index contributed by atoms with van der Waals surface area (Å²) in [6, 6.07) is 12.3. The first-order chi connectivity index (χ1) is 8.58. The molecule has 0 unspecified atom stereocenters. The monoisotopic (exact) mass is 242 g/mol. The van der Waals surface area contributed by atoms with Crippen molar-refractivity contribution in [2.45, 2.75) is 6.92 Å². The average Bonchev–Trinajstić information content (AvgIpc) is 2.34. The molecule has 0 bridgehead atoms. The van der Waals surface area contributed by atoms with Gasteiger partial charge in [-0.3, -0.25) is 4.79 Å². The number of carbonyl (C=O) groups is 1. The lowest BCUT2D eigenvalue weighted by Gasteiger charge is -2.11. The van der Waals surface area contributed by atoms with Crippen LogP contribution >= 0.6 is 0 Å². The number of nitrogens with two attached hydrogens (primary N) is 2. The SMILES string of the molecule is Cc1cc(C(N)=O)ccc1Oc1ccccc1N. The number of nitrogen functional groups attached to an aromatic ring is 1. The Morgan fingerprint density at radius 3 is 2.44 bits per heavy atom. The van der Waals surface area contributed by atoms with Gasteiger partial charge in [0.05, 0.1) is 5.69 Å². The van der Waals surface area contributed by atoms with E-state index in [1.165, 1.54) is 0 Å². The maximum Gasteiger partial charge on any atom is 0.248 e. The van der Waals surface area contributed by atoms with E-state index in [4.69, 9.17) is 16.2 Å². The first kappa shape index (κ1) is 12.0. The standard InChI is InChI=1S/C14H14N2O2/c1-9-8-10(14(16)17)6-7-12(9)18-13-5-3-2-4-11(13)15/h2-8H,15H2,1H3,(H2,16,17). The zero-order valence-electron chi connectivity index (χ0n) is 10.0. The highest BCUT2D eigenvalue weighted by Gasteiger charge is 2.07. The van der Waals surface area contributed by atoms with E-state index in [1.54, 1.807) is 30.3 Å². The number of aryl methyl sites for hydroxylation is 1. The number of anilines is 1. The molecular formula is C14H14N2O2. The summed E-state index contributed by atoms with van der Waals surface area (Å²) < 4.78 is 5.70. The third kappa shape index (κ3) is 2.43. The number of benzene rings is 2. The van der Waals surface area contributed by atoms with Gasteiger partial charge in [0.2, 0.25) is 5.91 Å². The molecule has 92 valence electrons. The van der Waals surface area contributed by atoms with Crippen LogP contribution in [0.2, 0.25) is 0 Å². The van der Waals surface area contributed by atoms with Gasteiger partial charge < -0.3 is 16.2 Å². The second-order valence-corrected chi connectivity index (χ2v) is 3.98. The summed E-state index contributed by atoms with van der Waals surface area (Å²) in [7, 11) is 0. The van der Waals surface area contributed by atoms with Crippen LogP contribution in [0.3, 0.4) is 0 Å². The van der Waals surface area contributed by atoms with Crippen molar-refractivity contribution < 1.29 is 9.53 Å². The van der Waals surface area contributed by atoms with Gasteiger partial charge in [0, 0.05) is 5.56 Å². The highest BCUT2D eigenvalue weighted by Crippen LogP contribution is 2.29. The molecule has 2 rings (SSSR count). The van der Waals surface area contributed by atoms with E-state index in [0.717, 1.165) is 5.56 Å². The summed E-state index contributed by atoms with van der Waals surface area (Å²) >= 11 is 0. The van der Waals surface area contributed by atoms with Crippen LogP contribution < -0.4 is 16.2 Å². The number of hydrogen-bond donors (Lipinski definition) is 2. The van der Waals surface area contributed by atoms with Crippen LogP contribution in [0.1, 0.15) is 15.9 Å². The van der Waals surface area contributed by atoms with Crippen LogP contribution in [-0.2, 0) is 0 Å². The van der Waals surface area contributed by atoms with Crippen molar-refractivity contribution >= 4 is 11.6 Å². The van der Waals surface area contributed by atoms with Crippen molar-refractivity contribution in [3.8, 4) is 11.5 Å². The van der Waals surface area contributed by atoms with E-state index in [0.29, 0.717) is 22.7 Å². The molecule has 0 aliphatic rings. The van der Waals surface area contributed by atoms with Crippen LogP contribution in [0.25, 0.3) is 0 Å². The maximum absolute atomic E-state index is 11.0. The van der Waals surface area contributed by atoms with Gasteiger partial charge in [-0.05, 0) is 42.8 Å². The van der Waals surface area contributed by atoms with Gasteiger partial charge in [0.15, 0.2) is 0 Å². The maximum atomic E-state index is 11.0. The van der Waals surface area contributed by atoms with E-state index in [9.17, 15) is 4.79 Å². The molecule has 18 heavy (non-hydrogen) atoms. The largest absolute Gasteiger partial charge is 0.455 e. The van der Waals surface area contributed by atoms with E-state index in [-0.39, 0.29) is 0 Å². The molecule has 4 N–H and O–H groups in total. The van der Waals surface area contributed by atoms with Crippen molar-refractivity contribution in [3.63, 3.8) is 0 Å². The highest BCUT2D eigenvalue weighted by molar-refractivity contribution is 5.93. The molecule has 0 atom stereocenters. The van der Waals surface area contributed by atoms with Gasteiger partial charge in [-0.1, -0.05) is 12.1 Å². The lowest BCUT2D eigenvalue weighted by molar-refractivity contribution is 0.1000. The minimum atomic E-state index is -0.455. The fourth-order valence-corrected chi connectivity index (χ4v) is 1.61. The zero-order chi connectivity index (χ0) is 13.1. The average molecular weight is 242 g/mol. The van der Waals surface area contributed by atoms with Crippen LogP contribution in [0.4, 0.5) is 5.69 Å². The Labute approximate surface area is 105 Å².